The van der Waals surface area contributed by atoms with E-state index in [1.807, 2.05) is 45.3 Å². The highest BCUT2D eigenvalue weighted by Gasteiger charge is 2.05. The Morgan fingerprint density at radius 3 is 2.55 bits per heavy atom. The SMILES string of the molecule is Cc1cc(C#N)nc(Nc2ccc(C)c(N(C)C)c2)n1. The average Bonchev–Trinajstić information content (AvgIpc) is 2.40. The quantitative estimate of drug-likeness (QED) is 0.926. The number of aryl methyl sites for hydroxylation is 2. The van der Waals surface area contributed by atoms with Crippen LogP contribution in [-0.4, -0.2) is 24.1 Å². The Morgan fingerprint density at radius 2 is 1.90 bits per heavy atom. The summed E-state index contributed by atoms with van der Waals surface area (Å²) >= 11 is 0. The molecule has 0 bridgehead atoms. The van der Waals surface area contributed by atoms with Crippen LogP contribution < -0.4 is 10.2 Å². The maximum atomic E-state index is 8.93. The van der Waals surface area contributed by atoms with Gasteiger partial charge in [-0.1, -0.05) is 6.07 Å². The first-order chi connectivity index (χ1) is 9.49. The van der Waals surface area contributed by atoms with Gasteiger partial charge in [0.1, 0.15) is 11.8 Å². The Kier molecular flexibility index (Phi) is 3.85. The second-order valence-electron chi connectivity index (χ2n) is 4.85. The highest BCUT2D eigenvalue weighted by molar-refractivity contribution is 5.65. The maximum absolute atomic E-state index is 8.93. The topological polar surface area (TPSA) is 64.8 Å². The van der Waals surface area contributed by atoms with Gasteiger partial charge in [-0.05, 0) is 37.6 Å². The van der Waals surface area contributed by atoms with Crippen LogP contribution in [0.25, 0.3) is 0 Å². The summed E-state index contributed by atoms with van der Waals surface area (Å²) in [6.45, 7) is 3.91. The number of hydrogen-bond donors (Lipinski definition) is 1. The molecule has 0 aliphatic rings. The maximum Gasteiger partial charge on any atom is 0.228 e. The van der Waals surface area contributed by atoms with Crippen LogP contribution >= 0.6 is 0 Å². The zero-order valence-electron chi connectivity index (χ0n) is 12.1. The van der Waals surface area contributed by atoms with Crippen LogP contribution in [0, 0.1) is 25.2 Å². The molecule has 0 aliphatic heterocycles. The van der Waals surface area contributed by atoms with Gasteiger partial charge in [0.15, 0.2) is 0 Å². The van der Waals surface area contributed by atoms with Crippen LogP contribution in [-0.2, 0) is 0 Å². The molecular weight excluding hydrogens is 250 g/mol. The lowest BCUT2D eigenvalue weighted by atomic mass is 10.1. The van der Waals surface area contributed by atoms with Gasteiger partial charge in [-0.25, -0.2) is 9.97 Å². The first-order valence-corrected chi connectivity index (χ1v) is 6.30. The molecule has 20 heavy (non-hydrogen) atoms. The summed E-state index contributed by atoms with van der Waals surface area (Å²) in [5.74, 6) is 0.440. The zero-order valence-corrected chi connectivity index (χ0v) is 12.1. The molecule has 0 aliphatic carbocycles. The van der Waals surface area contributed by atoms with Crippen molar-refractivity contribution in [3.63, 3.8) is 0 Å². The van der Waals surface area contributed by atoms with Gasteiger partial charge in [-0.3, -0.25) is 0 Å². The van der Waals surface area contributed by atoms with E-state index in [1.165, 1.54) is 5.56 Å². The largest absolute Gasteiger partial charge is 0.377 e. The Hall–Kier alpha value is -2.61. The van der Waals surface area contributed by atoms with E-state index in [-0.39, 0.29) is 0 Å². The minimum absolute atomic E-state index is 0.361. The van der Waals surface area contributed by atoms with Crippen LogP contribution in [0.15, 0.2) is 24.3 Å². The fourth-order valence-corrected chi connectivity index (χ4v) is 1.98. The predicted molar refractivity (Wildman–Crippen MR) is 80.3 cm³/mol. The van der Waals surface area contributed by atoms with E-state index >= 15 is 0 Å². The van der Waals surface area contributed by atoms with Crippen LogP contribution in [0.2, 0.25) is 0 Å². The summed E-state index contributed by atoms with van der Waals surface area (Å²) in [4.78, 5) is 10.5. The van der Waals surface area contributed by atoms with Crippen molar-refractivity contribution in [2.24, 2.45) is 0 Å². The number of hydrogen-bond acceptors (Lipinski definition) is 5. The van der Waals surface area contributed by atoms with Crippen molar-refractivity contribution in [2.75, 3.05) is 24.3 Å². The molecule has 0 unspecified atom stereocenters. The van der Waals surface area contributed by atoms with Crippen molar-refractivity contribution in [2.45, 2.75) is 13.8 Å². The Labute approximate surface area is 118 Å². The molecule has 102 valence electrons. The molecule has 1 heterocycles. The van der Waals surface area contributed by atoms with Crippen molar-refractivity contribution in [1.82, 2.24) is 9.97 Å². The normalized spacial score (nSPS) is 9.95. The molecule has 2 rings (SSSR count). The second-order valence-corrected chi connectivity index (χ2v) is 4.85. The van der Waals surface area contributed by atoms with Crippen LogP contribution in [0.4, 0.5) is 17.3 Å². The average molecular weight is 267 g/mol. The fourth-order valence-electron chi connectivity index (χ4n) is 1.98. The number of nitrogens with one attached hydrogen (secondary N) is 1. The van der Waals surface area contributed by atoms with Gasteiger partial charge < -0.3 is 10.2 Å². The molecule has 0 saturated heterocycles. The molecule has 0 spiro atoms. The van der Waals surface area contributed by atoms with Gasteiger partial charge in [0, 0.05) is 31.2 Å². The number of aromatic nitrogens is 2. The van der Waals surface area contributed by atoms with Crippen molar-refractivity contribution in [3.8, 4) is 6.07 Å². The molecule has 1 aromatic carbocycles. The predicted octanol–water partition coefficient (Wildman–Crippen LogP) is 2.77. The molecule has 0 fully saturated rings. The van der Waals surface area contributed by atoms with Gasteiger partial charge in [-0.2, -0.15) is 5.26 Å². The molecule has 1 N–H and O–H groups in total. The third-order valence-electron chi connectivity index (χ3n) is 2.92. The highest BCUT2D eigenvalue weighted by atomic mass is 15.1. The molecule has 0 saturated carbocycles. The Morgan fingerprint density at radius 1 is 1.15 bits per heavy atom. The van der Waals surface area contributed by atoms with E-state index < -0.39 is 0 Å². The molecular formula is C15H17N5. The van der Waals surface area contributed by atoms with Crippen molar-refractivity contribution < 1.29 is 0 Å². The third kappa shape index (κ3) is 3.04. The lowest BCUT2D eigenvalue weighted by molar-refractivity contribution is 1.08. The number of rotatable bonds is 3. The van der Waals surface area contributed by atoms with Gasteiger partial charge in [-0.15, -0.1) is 0 Å². The van der Waals surface area contributed by atoms with Gasteiger partial charge >= 0.3 is 0 Å². The molecule has 0 radical (unpaired) electrons. The number of nitrogens with zero attached hydrogens (tertiary/aromatic N) is 4. The van der Waals surface area contributed by atoms with E-state index in [1.54, 1.807) is 6.07 Å². The lowest BCUT2D eigenvalue weighted by Crippen LogP contribution is -2.10. The summed E-state index contributed by atoms with van der Waals surface area (Å²) in [5, 5.41) is 12.1. The van der Waals surface area contributed by atoms with E-state index in [2.05, 4.69) is 27.1 Å². The standard InChI is InChI=1S/C15H17N5/c1-10-5-6-12(8-14(10)20(3)4)18-15-17-11(2)7-13(9-16)19-15/h5-8H,1-4H3,(H,17,18,19). The van der Waals surface area contributed by atoms with Gasteiger partial charge in [0.05, 0.1) is 0 Å². The summed E-state index contributed by atoms with van der Waals surface area (Å²) in [5.41, 5.74) is 4.35. The summed E-state index contributed by atoms with van der Waals surface area (Å²) in [7, 11) is 4.01. The van der Waals surface area contributed by atoms with Gasteiger partial charge in [0.2, 0.25) is 5.95 Å². The molecule has 1 aromatic heterocycles. The molecule has 0 amide bonds. The molecule has 2 aromatic rings. The van der Waals surface area contributed by atoms with Crippen molar-refractivity contribution in [3.05, 3.63) is 41.2 Å². The number of benzene rings is 1. The third-order valence-corrected chi connectivity index (χ3v) is 2.92. The fraction of sp³-hybridized carbons (Fsp3) is 0.267. The first kappa shape index (κ1) is 13.8. The van der Waals surface area contributed by atoms with Crippen LogP contribution in [0.3, 0.4) is 0 Å². The molecule has 5 heteroatoms. The Bertz CT molecular complexity index is 670. The minimum atomic E-state index is 0.361. The number of nitriles is 1. The Balaban J connectivity index is 2.33. The first-order valence-electron chi connectivity index (χ1n) is 6.30. The lowest BCUT2D eigenvalue weighted by Gasteiger charge is -2.17. The minimum Gasteiger partial charge on any atom is -0.377 e. The van der Waals surface area contributed by atoms with E-state index in [9.17, 15) is 0 Å². The van der Waals surface area contributed by atoms with Crippen molar-refractivity contribution >= 4 is 17.3 Å². The van der Waals surface area contributed by atoms with Crippen LogP contribution in [0.5, 0.6) is 0 Å². The van der Waals surface area contributed by atoms with E-state index in [0.717, 1.165) is 17.1 Å². The molecule has 0 atom stereocenters. The van der Waals surface area contributed by atoms with E-state index in [0.29, 0.717) is 11.6 Å². The van der Waals surface area contributed by atoms with Crippen molar-refractivity contribution in [1.29, 1.82) is 5.26 Å². The smallest absolute Gasteiger partial charge is 0.228 e. The summed E-state index contributed by atoms with van der Waals surface area (Å²) < 4.78 is 0. The second kappa shape index (κ2) is 5.57. The van der Waals surface area contributed by atoms with Gasteiger partial charge in [0.25, 0.3) is 0 Å². The monoisotopic (exact) mass is 267 g/mol. The van der Waals surface area contributed by atoms with E-state index in [4.69, 9.17) is 5.26 Å². The summed E-state index contributed by atoms with van der Waals surface area (Å²) in [6, 6.07) is 9.74. The van der Waals surface area contributed by atoms with Crippen LogP contribution in [0.1, 0.15) is 17.0 Å². The zero-order chi connectivity index (χ0) is 14.7. The number of anilines is 3. The molecule has 5 nitrogen and oxygen atoms in total. The summed E-state index contributed by atoms with van der Waals surface area (Å²) in [6.07, 6.45) is 0. The highest BCUT2D eigenvalue weighted by Crippen LogP contribution is 2.24.